The first-order valence-electron chi connectivity index (χ1n) is 28.8. The lowest BCUT2D eigenvalue weighted by Crippen LogP contribution is -2.56. The number of amides is 2. The van der Waals surface area contributed by atoms with Gasteiger partial charge in [0.2, 0.25) is 5.91 Å². The summed E-state index contributed by atoms with van der Waals surface area (Å²) >= 11 is 0. The summed E-state index contributed by atoms with van der Waals surface area (Å²) in [6, 6.07) is 27.6. The van der Waals surface area contributed by atoms with E-state index < -0.39 is 47.0 Å². The van der Waals surface area contributed by atoms with Gasteiger partial charge in [-0.1, -0.05) is 72.8 Å². The van der Waals surface area contributed by atoms with Crippen molar-refractivity contribution in [1.29, 1.82) is 0 Å². The number of piperidine rings is 2. The largest absolute Gasteiger partial charge is 0.464 e. The van der Waals surface area contributed by atoms with Crippen LogP contribution in [-0.4, -0.2) is 135 Å². The molecule has 0 spiro atoms. The Kier molecular flexibility index (Phi) is 24.5. The number of aliphatic hydroxyl groups is 2. The summed E-state index contributed by atoms with van der Waals surface area (Å²) < 4.78 is 27.4. The van der Waals surface area contributed by atoms with E-state index in [2.05, 4.69) is 29.6 Å². The fraction of sp³-hybridized carbons (Fsp3) is 0.581. The number of aryl methyl sites for hydroxylation is 5. The molecule has 17 nitrogen and oxygen atoms in total. The van der Waals surface area contributed by atoms with Crippen LogP contribution in [-0.2, 0) is 83.4 Å². The molecular weight excluding hydrogens is 1000 g/mol. The van der Waals surface area contributed by atoms with Gasteiger partial charge in [0.1, 0.15) is 22.6 Å². The molecule has 2 aromatic heterocycles. The number of nitrogens with two attached hydrogens (primary N) is 1. The Morgan fingerprint density at radius 1 is 0.646 bits per heavy atom. The second-order valence-electron chi connectivity index (χ2n) is 22.0. The number of benzene rings is 2. The Labute approximate surface area is 468 Å². The number of fused-ring (bicyclic) bond motifs is 2. The van der Waals surface area contributed by atoms with Crippen molar-refractivity contribution < 1.29 is 53.1 Å². The summed E-state index contributed by atoms with van der Waals surface area (Å²) in [7, 11) is 0. The topological polar surface area (TPSA) is 225 Å². The van der Waals surface area contributed by atoms with E-state index in [-0.39, 0.29) is 71.1 Å². The minimum absolute atomic E-state index is 0.0833. The van der Waals surface area contributed by atoms with E-state index in [0.717, 1.165) is 80.7 Å². The first-order chi connectivity index (χ1) is 38.0. The van der Waals surface area contributed by atoms with E-state index in [4.69, 9.17) is 39.4 Å². The Morgan fingerprint density at radius 3 is 1.70 bits per heavy atom. The zero-order valence-electron chi connectivity index (χ0n) is 47.6. The number of aromatic nitrogens is 2. The maximum atomic E-state index is 12.8. The van der Waals surface area contributed by atoms with Crippen LogP contribution in [0.15, 0.2) is 84.9 Å². The molecule has 4 aliphatic rings. The highest BCUT2D eigenvalue weighted by atomic mass is 16.6. The highest BCUT2D eigenvalue weighted by Gasteiger charge is 2.48. The molecule has 5 N–H and O–H groups in total. The number of carbonyl (C=O) groups excluding carboxylic acids is 4. The standard InChI is InChI=1S/C29H39N3O5.C21H31NO6.C12H18N2/c1-2-36-28(34)26(37-21-22-9-4-3-5-10-22)29(35)16-19-32(20-17-29)25(33)13-7-6-12-24-15-14-23-11-8-18-30-27(23)31-24;1-5-26-18(23)17(27-15-16-9-7-6-8-10-16)21(25)11-13-22(14-12-21)19(24)28-20(2,3)4;13-9-3-5-11-8-7-10-4-1-2-6-12(10)14-11/h3-5,9-10,14-15,26,35H,2,6-8,11-13,16-21H2,1H3,(H,30,31);6-10,17,25H,5,11-15H2,1-4H3;7-8H,1-6,9,13H2. The molecule has 2 saturated heterocycles. The quantitative estimate of drug-likeness (QED) is 0.0370. The van der Waals surface area contributed by atoms with Crippen LogP contribution in [0.3, 0.4) is 0 Å². The molecule has 79 heavy (non-hydrogen) atoms. The highest BCUT2D eigenvalue weighted by Crippen LogP contribution is 2.32. The fourth-order valence-corrected chi connectivity index (χ4v) is 10.2. The third kappa shape index (κ3) is 19.7. The lowest BCUT2D eigenvalue weighted by atomic mass is 9.85. The Balaban J connectivity index is 0.000000210. The van der Waals surface area contributed by atoms with Gasteiger partial charge in [-0.2, -0.15) is 0 Å². The minimum Gasteiger partial charge on any atom is -0.464 e. The summed E-state index contributed by atoms with van der Waals surface area (Å²) in [6.07, 6.45) is 10.6. The third-order valence-electron chi connectivity index (χ3n) is 14.7. The number of carbonyl (C=O) groups is 4. The van der Waals surface area contributed by atoms with E-state index >= 15 is 0 Å². The third-order valence-corrected chi connectivity index (χ3v) is 14.7. The number of hydrogen-bond donors (Lipinski definition) is 4. The maximum absolute atomic E-state index is 12.8. The molecule has 4 aromatic rings. The summed E-state index contributed by atoms with van der Waals surface area (Å²) in [5, 5.41) is 25.9. The van der Waals surface area contributed by atoms with Gasteiger partial charge in [0.05, 0.1) is 26.4 Å². The Hall–Kier alpha value is -5.98. The van der Waals surface area contributed by atoms with E-state index in [0.29, 0.717) is 19.5 Å². The number of nitrogens with one attached hydrogen (secondary N) is 1. The van der Waals surface area contributed by atoms with E-state index in [1.54, 1.807) is 44.4 Å². The second kappa shape index (κ2) is 31.1. The number of hydrogen-bond acceptors (Lipinski definition) is 15. The Bertz CT molecular complexity index is 2510. The number of unbranched alkanes of at least 4 members (excludes halogenated alkanes) is 1. The fourth-order valence-electron chi connectivity index (χ4n) is 10.2. The molecule has 432 valence electrons. The summed E-state index contributed by atoms with van der Waals surface area (Å²) in [4.78, 5) is 62.9. The van der Waals surface area contributed by atoms with Crippen LogP contribution < -0.4 is 11.1 Å². The Morgan fingerprint density at radius 2 is 1.15 bits per heavy atom. The van der Waals surface area contributed by atoms with Crippen LogP contribution >= 0.6 is 0 Å². The van der Waals surface area contributed by atoms with Gasteiger partial charge >= 0.3 is 18.0 Å². The molecule has 1 aliphatic carbocycles. The molecule has 3 aliphatic heterocycles. The van der Waals surface area contributed by atoms with Crippen molar-refractivity contribution in [1.82, 2.24) is 19.8 Å². The average Bonchev–Trinajstić information content (AvgIpc) is 3.44. The number of ether oxygens (including phenoxy) is 5. The van der Waals surface area contributed by atoms with Crippen LogP contribution in [0.2, 0.25) is 0 Å². The van der Waals surface area contributed by atoms with Crippen molar-refractivity contribution in [3.05, 3.63) is 124 Å². The van der Waals surface area contributed by atoms with Crippen molar-refractivity contribution in [2.75, 3.05) is 57.8 Å². The lowest BCUT2D eigenvalue weighted by Gasteiger charge is -2.41. The second-order valence-corrected chi connectivity index (χ2v) is 22.0. The smallest absolute Gasteiger partial charge is 0.410 e. The molecule has 0 saturated carbocycles. The van der Waals surface area contributed by atoms with Crippen molar-refractivity contribution >= 4 is 29.8 Å². The van der Waals surface area contributed by atoms with E-state index in [1.807, 2.05) is 60.7 Å². The molecule has 17 heteroatoms. The van der Waals surface area contributed by atoms with Gasteiger partial charge in [0, 0.05) is 56.2 Å². The van der Waals surface area contributed by atoms with Gasteiger partial charge in [-0.05, 0) is 172 Å². The predicted molar refractivity (Wildman–Crippen MR) is 303 cm³/mol. The molecule has 8 rings (SSSR count). The normalized spacial score (nSPS) is 17.1. The van der Waals surface area contributed by atoms with Gasteiger partial charge in [-0.3, -0.25) is 9.78 Å². The van der Waals surface area contributed by atoms with Crippen molar-refractivity contribution in [2.24, 2.45) is 5.73 Å². The van der Waals surface area contributed by atoms with Crippen molar-refractivity contribution in [3.8, 4) is 0 Å². The molecule has 2 atom stereocenters. The molecule has 0 radical (unpaired) electrons. The summed E-state index contributed by atoms with van der Waals surface area (Å²) in [6.45, 7) is 12.7. The first kappa shape index (κ1) is 62.2. The number of anilines is 1. The summed E-state index contributed by atoms with van der Waals surface area (Å²) in [5.41, 5.74) is 10.3. The number of nitrogens with zero attached hydrogens (tertiary/aromatic N) is 4. The van der Waals surface area contributed by atoms with Gasteiger partial charge < -0.3 is 54.7 Å². The average molecular weight is 1090 g/mol. The maximum Gasteiger partial charge on any atom is 0.410 e. The van der Waals surface area contributed by atoms with E-state index in [1.165, 1.54) is 48.2 Å². The van der Waals surface area contributed by atoms with Crippen LogP contribution in [0.1, 0.15) is 145 Å². The summed E-state index contributed by atoms with van der Waals surface area (Å²) in [5.74, 6) is -0.0622. The molecule has 2 amide bonds. The van der Waals surface area contributed by atoms with E-state index in [9.17, 15) is 29.4 Å². The number of rotatable bonds is 20. The molecule has 0 bridgehead atoms. The molecular formula is C62H88N6O11. The molecule has 2 aromatic carbocycles. The van der Waals surface area contributed by atoms with Crippen molar-refractivity contribution in [2.45, 2.75) is 180 Å². The van der Waals surface area contributed by atoms with Crippen LogP contribution in [0.5, 0.6) is 0 Å². The lowest BCUT2D eigenvalue weighted by molar-refractivity contribution is -0.187. The number of esters is 2. The highest BCUT2D eigenvalue weighted by molar-refractivity contribution is 5.78. The zero-order chi connectivity index (χ0) is 56.7. The first-order valence-corrected chi connectivity index (χ1v) is 28.8. The van der Waals surface area contributed by atoms with Crippen LogP contribution in [0.4, 0.5) is 10.6 Å². The van der Waals surface area contributed by atoms with Gasteiger partial charge in [0.25, 0.3) is 0 Å². The van der Waals surface area contributed by atoms with Gasteiger partial charge in [-0.25, -0.2) is 19.4 Å². The minimum atomic E-state index is -1.40. The van der Waals surface area contributed by atoms with Gasteiger partial charge in [0.15, 0.2) is 12.2 Å². The predicted octanol–water partition coefficient (Wildman–Crippen LogP) is 8.40. The number of pyridine rings is 2. The molecule has 2 unspecified atom stereocenters. The molecule has 5 heterocycles. The molecule has 2 fully saturated rings. The van der Waals surface area contributed by atoms with Crippen molar-refractivity contribution in [3.63, 3.8) is 0 Å². The van der Waals surface area contributed by atoms with Crippen LogP contribution in [0, 0.1) is 0 Å². The van der Waals surface area contributed by atoms with Gasteiger partial charge in [-0.15, -0.1) is 0 Å². The van der Waals surface area contributed by atoms with Crippen LogP contribution in [0.25, 0.3) is 0 Å². The SMILES string of the molecule is CCOC(=O)C(OCc1ccccc1)C1(O)CCN(C(=O)CCCCc2ccc3c(n2)NCCC3)CC1.CCOC(=O)C(OCc1ccccc1)C1(O)CCN(C(=O)OC(C)(C)C)CC1.NCCCc1ccc2c(n1)CCCC2. The zero-order valence-corrected chi connectivity index (χ0v) is 47.6. The monoisotopic (exact) mass is 1090 g/mol. The number of likely N-dealkylation sites (tertiary alicyclic amines) is 2.